The van der Waals surface area contributed by atoms with Gasteiger partial charge in [-0.25, -0.2) is 13.1 Å². The largest absolute Gasteiger partial charge is 0.481 e. The summed E-state index contributed by atoms with van der Waals surface area (Å²) in [7, 11) is -3.55. The van der Waals surface area contributed by atoms with Crippen LogP contribution < -0.4 is 4.72 Å². The lowest BCUT2D eigenvalue weighted by atomic mass is 9.84. The van der Waals surface area contributed by atoms with Crippen molar-refractivity contribution in [2.45, 2.75) is 44.2 Å². The van der Waals surface area contributed by atoms with Gasteiger partial charge in [-0.1, -0.05) is 25.4 Å². The Morgan fingerprint density at radius 3 is 2.52 bits per heavy atom. The van der Waals surface area contributed by atoms with E-state index in [0.29, 0.717) is 17.2 Å². The Hall–Kier alpha value is -0.630. The molecule has 0 unspecified atom stereocenters. The number of carbonyl (C=O) groups is 1. The Morgan fingerprint density at radius 2 is 2.05 bits per heavy atom. The summed E-state index contributed by atoms with van der Waals surface area (Å²) in [5.74, 6) is -0.840. The van der Waals surface area contributed by atoms with Gasteiger partial charge in [0.1, 0.15) is 4.21 Å². The second kappa shape index (κ2) is 7.09. The molecule has 0 amide bonds. The lowest BCUT2D eigenvalue weighted by molar-refractivity contribution is -0.137. The minimum Gasteiger partial charge on any atom is -0.481 e. The highest BCUT2D eigenvalue weighted by atomic mass is 35.5. The number of carboxylic acids is 1. The summed E-state index contributed by atoms with van der Waals surface area (Å²) in [5, 5.41) is 8.69. The molecule has 21 heavy (non-hydrogen) atoms. The van der Waals surface area contributed by atoms with E-state index in [9.17, 15) is 13.2 Å². The van der Waals surface area contributed by atoms with E-state index in [1.165, 1.54) is 0 Å². The standard InChI is InChI=1S/C13H20ClNO4S2/c1-9-8-11(20-12(9)14)21(18,19)15-7-6-13(2,3)5-4-10(16)17/h8,15H,4-7H2,1-3H3,(H,16,17). The van der Waals surface area contributed by atoms with E-state index in [-0.39, 0.29) is 22.6 Å². The van der Waals surface area contributed by atoms with Gasteiger partial charge < -0.3 is 5.11 Å². The summed E-state index contributed by atoms with van der Waals surface area (Å²) in [6, 6.07) is 1.55. The molecule has 0 bridgehead atoms. The van der Waals surface area contributed by atoms with Crippen LogP contribution in [0.2, 0.25) is 4.34 Å². The van der Waals surface area contributed by atoms with Gasteiger partial charge in [-0.05, 0) is 36.8 Å². The molecule has 1 aromatic rings. The predicted octanol–water partition coefficient (Wildman–Crippen LogP) is 3.27. The molecule has 0 atom stereocenters. The molecule has 8 heteroatoms. The van der Waals surface area contributed by atoms with Crippen LogP contribution in [-0.2, 0) is 14.8 Å². The number of sulfonamides is 1. The Labute approximate surface area is 134 Å². The zero-order valence-electron chi connectivity index (χ0n) is 12.3. The molecular weight excluding hydrogens is 334 g/mol. The highest BCUT2D eigenvalue weighted by Crippen LogP contribution is 2.30. The van der Waals surface area contributed by atoms with Crippen molar-refractivity contribution in [1.82, 2.24) is 4.72 Å². The van der Waals surface area contributed by atoms with Gasteiger partial charge in [-0.2, -0.15) is 0 Å². The Balaban J connectivity index is 2.56. The number of halogens is 1. The summed E-state index contributed by atoms with van der Waals surface area (Å²) in [6.07, 6.45) is 1.16. The van der Waals surface area contributed by atoms with E-state index < -0.39 is 16.0 Å². The predicted molar refractivity (Wildman–Crippen MR) is 84.5 cm³/mol. The Kier molecular flexibility index (Phi) is 6.22. The summed E-state index contributed by atoms with van der Waals surface area (Å²) in [5.41, 5.74) is 0.507. The van der Waals surface area contributed by atoms with E-state index in [1.54, 1.807) is 13.0 Å². The molecule has 120 valence electrons. The van der Waals surface area contributed by atoms with Crippen LogP contribution in [0.15, 0.2) is 10.3 Å². The van der Waals surface area contributed by atoms with E-state index in [0.717, 1.165) is 16.9 Å². The first-order chi connectivity index (χ1) is 9.53. The van der Waals surface area contributed by atoms with Gasteiger partial charge in [-0.15, -0.1) is 11.3 Å². The smallest absolute Gasteiger partial charge is 0.303 e. The molecule has 0 saturated carbocycles. The maximum Gasteiger partial charge on any atom is 0.303 e. The Bertz CT molecular complexity index is 588. The average molecular weight is 354 g/mol. The van der Waals surface area contributed by atoms with Crippen molar-refractivity contribution in [3.8, 4) is 0 Å². The molecule has 0 aliphatic carbocycles. The monoisotopic (exact) mass is 353 g/mol. The number of aliphatic carboxylic acids is 1. The summed E-state index contributed by atoms with van der Waals surface area (Å²) in [6.45, 7) is 5.88. The molecule has 5 nitrogen and oxygen atoms in total. The van der Waals surface area contributed by atoms with Gasteiger partial charge in [0.05, 0.1) is 4.34 Å². The topological polar surface area (TPSA) is 83.5 Å². The van der Waals surface area contributed by atoms with Gasteiger partial charge in [0.25, 0.3) is 0 Å². The van der Waals surface area contributed by atoms with Crippen LogP contribution >= 0.6 is 22.9 Å². The third kappa shape index (κ3) is 5.94. The molecule has 0 aromatic carbocycles. The van der Waals surface area contributed by atoms with Gasteiger partial charge in [0.15, 0.2) is 0 Å². The second-order valence-electron chi connectivity index (χ2n) is 5.73. The number of nitrogens with one attached hydrogen (secondary N) is 1. The number of thiophene rings is 1. The zero-order valence-corrected chi connectivity index (χ0v) is 14.7. The van der Waals surface area contributed by atoms with Crippen molar-refractivity contribution in [1.29, 1.82) is 0 Å². The first-order valence-corrected chi connectivity index (χ1v) is 9.19. The van der Waals surface area contributed by atoms with Crippen molar-refractivity contribution in [3.63, 3.8) is 0 Å². The zero-order chi connectivity index (χ0) is 16.3. The van der Waals surface area contributed by atoms with Crippen molar-refractivity contribution >= 4 is 38.9 Å². The molecule has 0 spiro atoms. The fourth-order valence-electron chi connectivity index (χ4n) is 1.73. The summed E-state index contributed by atoms with van der Waals surface area (Å²) in [4.78, 5) is 10.6. The number of aryl methyl sites for hydroxylation is 1. The SMILES string of the molecule is Cc1cc(S(=O)(=O)NCCC(C)(C)CCC(=O)O)sc1Cl. The van der Waals surface area contributed by atoms with Crippen LogP contribution in [0.25, 0.3) is 0 Å². The van der Waals surface area contributed by atoms with Crippen LogP contribution in [0.1, 0.15) is 38.7 Å². The van der Waals surface area contributed by atoms with Crippen LogP contribution in [-0.4, -0.2) is 26.0 Å². The molecule has 1 aromatic heterocycles. The number of hydrogen-bond acceptors (Lipinski definition) is 4. The first kappa shape index (κ1) is 18.4. The van der Waals surface area contributed by atoms with Gasteiger partial charge in [-0.3, -0.25) is 4.79 Å². The maximum absolute atomic E-state index is 12.1. The fourth-order valence-corrected chi connectivity index (χ4v) is 4.51. The number of rotatable bonds is 8. The highest BCUT2D eigenvalue weighted by Gasteiger charge is 2.22. The van der Waals surface area contributed by atoms with E-state index in [4.69, 9.17) is 16.7 Å². The van der Waals surface area contributed by atoms with Crippen molar-refractivity contribution in [2.75, 3.05) is 6.54 Å². The molecule has 0 aliphatic heterocycles. The Morgan fingerprint density at radius 1 is 1.43 bits per heavy atom. The fraction of sp³-hybridized carbons (Fsp3) is 0.615. The minimum absolute atomic E-state index is 0.0828. The van der Waals surface area contributed by atoms with E-state index in [1.807, 2.05) is 13.8 Å². The number of hydrogen-bond donors (Lipinski definition) is 2. The lowest BCUT2D eigenvalue weighted by Crippen LogP contribution is -2.28. The molecule has 1 heterocycles. The van der Waals surface area contributed by atoms with Crippen LogP contribution in [0.5, 0.6) is 0 Å². The van der Waals surface area contributed by atoms with E-state index in [2.05, 4.69) is 4.72 Å². The number of carboxylic acid groups (broad SMARTS) is 1. The summed E-state index contributed by atoms with van der Waals surface area (Å²) >= 11 is 6.91. The van der Waals surface area contributed by atoms with Crippen molar-refractivity contribution in [2.24, 2.45) is 5.41 Å². The average Bonchev–Trinajstić information content (AvgIpc) is 2.68. The molecule has 0 fully saturated rings. The second-order valence-corrected chi connectivity index (χ2v) is 9.38. The van der Waals surface area contributed by atoms with Crippen molar-refractivity contribution < 1.29 is 18.3 Å². The third-order valence-corrected chi connectivity index (χ3v) is 6.70. The molecule has 2 N–H and O–H groups in total. The lowest BCUT2D eigenvalue weighted by Gasteiger charge is -2.23. The summed E-state index contributed by atoms with van der Waals surface area (Å²) < 4.78 is 27.4. The molecule has 0 radical (unpaired) electrons. The minimum atomic E-state index is -3.55. The first-order valence-electron chi connectivity index (χ1n) is 6.51. The third-order valence-electron chi connectivity index (χ3n) is 3.21. The normalized spacial score (nSPS) is 12.6. The van der Waals surface area contributed by atoms with Crippen LogP contribution in [0.3, 0.4) is 0 Å². The molecular formula is C13H20ClNO4S2. The van der Waals surface area contributed by atoms with E-state index >= 15 is 0 Å². The maximum atomic E-state index is 12.1. The highest BCUT2D eigenvalue weighted by molar-refractivity contribution is 7.91. The van der Waals surface area contributed by atoms with Gasteiger partial charge in [0, 0.05) is 13.0 Å². The van der Waals surface area contributed by atoms with Crippen molar-refractivity contribution in [3.05, 3.63) is 16.0 Å². The quantitative estimate of drug-likeness (QED) is 0.751. The molecule has 1 rings (SSSR count). The molecule has 0 saturated heterocycles. The van der Waals surface area contributed by atoms with Crippen LogP contribution in [0.4, 0.5) is 0 Å². The van der Waals surface area contributed by atoms with Crippen LogP contribution in [0, 0.1) is 12.3 Å². The van der Waals surface area contributed by atoms with Gasteiger partial charge >= 0.3 is 5.97 Å². The van der Waals surface area contributed by atoms with Gasteiger partial charge in [0.2, 0.25) is 10.0 Å². The molecule has 0 aliphatic rings.